The molecule has 10 heteroatoms. The number of methoxy groups -OCH3 is 1. The van der Waals surface area contributed by atoms with Crippen molar-refractivity contribution in [3.8, 4) is 5.75 Å². The van der Waals surface area contributed by atoms with Crippen molar-refractivity contribution < 1.29 is 28.2 Å². The number of aromatic carboxylic acids is 1. The van der Waals surface area contributed by atoms with Gasteiger partial charge < -0.3 is 20.1 Å². The summed E-state index contributed by atoms with van der Waals surface area (Å²) in [4.78, 5) is 31.1. The Morgan fingerprint density at radius 3 is 2.70 bits per heavy atom. The lowest BCUT2D eigenvalue weighted by molar-refractivity contribution is -0.115. The van der Waals surface area contributed by atoms with E-state index in [9.17, 15) is 23.5 Å². The van der Waals surface area contributed by atoms with Crippen LogP contribution in [0.25, 0.3) is 10.9 Å². The number of amides is 1. The number of carbonyl (C=O) groups excluding carboxylic acids is 1. The highest BCUT2D eigenvalue weighted by atomic mass is 19.3. The summed E-state index contributed by atoms with van der Waals surface area (Å²) >= 11 is 0. The Morgan fingerprint density at radius 2 is 2.03 bits per heavy atom. The molecule has 1 aliphatic rings. The number of aryl methyl sites for hydroxylation is 1. The Morgan fingerprint density at radius 1 is 1.24 bits per heavy atom. The topological polar surface area (TPSA) is 97.9 Å². The number of nitrogens with one attached hydrogen (secondary N) is 2. The summed E-state index contributed by atoms with van der Waals surface area (Å²) in [6.45, 7) is 5.18. The lowest BCUT2D eigenvalue weighted by Gasteiger charge is -2.42. The predicted octanol–water partition coefficient (Wildman–Crippen LogP) is 4.66. The molecule has 8 nitrogen and oxygen atoms in total. The largest absolute Gasteiger partial charge is 0.496 e. The molecular weight excluding hydrogens is 482 g/mol. The van der Waals surface area contributed by atoms with Gasteiger partial charge in [0.1, 0.15) is 5.75 Å². The van der Waals surface area contributed by atoms with E-state index in [0.29, 0.717) is 26.2 Å². The number of rotatable bonds is 9. The molecule has 2 heterocycles. The number of aromatic amines is 1. The SMILES string of the molecule is CCC(=O)Nc1cc([C@H]2CN(CC(F)F)CCN2Cc2c(OC)cc(C)c3[nH]ccc23)ccc1C(=O)O. The van der Waals surface area contributed by atoms with Crippen molar-refractivity contribution in [2.24, 2.45) is 0 Å². The fourth-order valence-corrected chi connectivity index (χ4v) is 5.03. The van der Waals surface area contributed by atoms with Crippen LogP contribution >= 0.6 is 0 Å². The molecule has 0 unspecified atom stereocenters. The average Bonchev–Trinajstić information content (AvgIpc) is 3.36. The van der Waals surface area contributed by atoms with E-state index in [1.165, 1.54) is 6.07 Å². The summed E-state index contributed by atoms with van der Waals surface area (Å²) in [6, 6.07) is 8.49. The predicted molar refractivity (Wildman–Crippen MR) is 138 cm³/mol. The number of carboxylic acids is 1. The number of ether oxygens (including phenoxy) is 1. The van der Waals surface area contributed by atoms with Crippen molar-refractivity contribution in [1.82, 2.24) is 14.8 Å². The van der Waals surface area contributed by atoms with Gasteiger partial charge in [0.2, 0.25) is 5.91 Å². The van der Waals surface area contributed by atoms with Crippen LogP contribution in [-0.2, 0) is 11.3 Å². The third-order valence-corrected chi connectivity index (χ3v) is 6.92. The molecule has 0 aliphatic carbocycles. The second kappa shape index (κ2) is 11.3. The van der Waals surface area contributed by atoms with Crippen LogP contribution in [0, 0.1) is 6.92 Å². The molecule has 3 N–H and O–H groups in total. The molecule has 0 bridgehead atoms. The molecule has 1 fully saturated rings. The van der Waals surface area contributed by atoms with Gasteiger partial charge in [0.05, 0.1) is 24.9 Å². The number of nitrogens with zero attached hydrogens (tertiary/aromatic N) is 2. The van der Waals surface area contributed by atoms with Gasteiger partial charge in [0, 0.05) is 61.3 Å². The molecule has 1 aromatic heterocycles. The highest BCUT2D eigenvalue weighted by Gasteiger charge is 2.31. The number of benzene rings is 2. The Balaban J connectivity index is 1.74. The fraction of sp³-hybridized carbons (Fsp3) is 0.407. The Labute approximate surface area is 214 Å². The molecule has 198 valence electrons. The molecule has 1 saturated heterocycles. The van der Waals surface area contributed by atoms with Crippen LogP contribution < -0.4 is 10.1 Å². The summed E-state index contributed by atoms with van der Waals surface area (Å²) in [5.74, 6) is -0.716. The van der Waals surface area contributed by atoms with E-state index in [-0.39, 0.29) is 36.2 Å². The van der Waals surface area contributed by atoms with E-state index in [0.717, 1.165) is 33.3 Å². The van der Waals surface area contributed by atoms with Crippen molar-refractivity contribution >= 4 is 28.5 Å². The number of piperazine rings is 1. The summed E-state index contributed by atoms with van der Waals surface area (Å²) in [5, 5.41) is 13.3. The smallest absolute Gasteiger partial charge is 0.337 e. The Kier molecular flexibility index (Phi) is 8.09. The number of fused-ring (bicyclic) bond motifs is 1. The number of aromatic nitrogens is 1. The van der Waals surface area contributed by atoms with Crippen molar-refractivity contribution in [3.63, 3.8) is 0 Å². The molecule has 1 atom stereocenters. The zero-order chi connectivity index (χ0) is 26.7. The van der Waals surface area contributed by atoms with Crippen LogP contribution in [0.3, 0.4) is 0 Å². The highest BCUT2D eigenvalue weighted by Crippen LogP contribution is 2.36. The molecular formula is C27H32F2N4O4. The van der Waals surface area contributed by atoms with E-state index in [1.54, 1.807) is 31.1 Å². The normalized spacial score (nSPS) is 16.9. The van der Waals surface area contributed by atoms with Gasteiger partial charge in [0.25, 0.3) is 6.43 Å². The summed E-state index contributed by atoms with van der Waals surface area (Å²) < 4.78 is 32.3. The van der Waals surface area contributed by atoms with Gasteiger partial charge in [-0.1, -0.05) is 13.0 Å². The van der Waals surface area contributed by atoms with Gasteiger partial charge >= 0.3 is 5.97 Å². The van der Waals surface area contributed by atoms with Crippen LogP contribution in [0.5, 0.6) is 5.75 Å². The van der Waals surface area contributed by atoms with Crippen LogP contribution in [0.1, 0.15) is 46.4 Å². The lowest BCUT2D eigenvalue weighted by atomic mass is 9.97. The van der Waals surface area contributed by atoms with Crippen molar-refractivity contribution in [3.05, 3.63) is 58.8 Å². The summed E-state index contributed by atoms with van der Waals surface area (Å²) in [5.41, 5.74) is 3.97. The van der Waals surface area contributed by atoms with Gasteiger partial charge in [-0.15, -0.1) is 0 Å². The van der Waals surface area contributed by atoms with Crippen LogP contribution in [0.15, 0.2) is 36.5 Å². The first kappa shape index (κ1) is 26.6. The molecule has 2 aromatic carbocycles. The minimum absolute atomic E-state index is 0.0217. The molecule has 0 saturated carbocycles. The number of hydrogen-bond acceptors (Lipinski definition) is 5. The maximum Gasteiger partial charge on any atom is 0.337 e. The molecule has 0 spiro atoms. The quantitative estimate of drug-likeness (QED) is 0.385. The number of carboxylic acid groups (broad SMARTS) is 1. The number of alkyl halides is 2. The lowest BCUT2D eigenvalue weighted by Crippen LogP contribution is -2.49. The van der Waals surface area contributed by atoms with Crippen molar-refractivity contribution in [2.45, 2.75) is 39.3 Å². The second-order valence-corrected chi connectivity index (χ2v) is 9.29. The Hall–Kier alpha value is -3.50. The zero-order valence-electron chi connectivity index (χ0n) is 21.2. The van der Waals surface area contributed by atoms with Gasteiger partial charge in [-0.25, -0.2) is 13.6 Å². The average molecular weight is 515 g/mol. The van der Waals surface area contributed by atoms with Gasteiger partial charge in [-0.3, -0.25) is 14.6 Å². The zero-order valence-corrected chi connectivity index (χ0v) is 21.2. The molecule has 3 aromatic rings. The van der Waals surface area contributed by atoms with Gasteiger partial charge in [0.15, 0.2) is 0 Å². The standard InChI is InChI=1S/C27H32F2N4O4/c1-4-25(34)31-21-12-17(5-6-19(21)27(35)36)22-14-32(15-24(28)29)9-10-33(22)13-20-18-7-8-30-26(18)16(2)11-23(20)37-3/h5-8,11-12,22,24,30H,4,9-10,13-15H2,1-3H3,(H,31,34)(H,35,36)/t22-/m1/s1. The number of anilines is 1. The van der Waals surface area contributed by atoms with E-state index in [2.05, 4.69) is 15.2 Å². The molecule has 37 heavy (non-hydrogen) atoms. The Bertz CT molecular complexity index is 1290. The molecule has 4 rings (SSSR count). The van der Waals surface area contributed by atoms with E-state index >= 15 is 0 Å². The third-order valence-electron chi connectivity index (χ3n) is 6.92. The maximum absolute atomic E-state index is 13.3. The number of carbonyl (C=O) groups is 2. The molecule has 1 aliphatic heterocycles. The summed E-state index contributed by atoms with van der Waals surface area (Å²) in [7, 11) is 1.63. The monoisotopic (exact) mass is 514 g/mol. The van der Waals surface area contributed by atoms with Crippen molar-refractivity contribution in [2.75, 3.05) is 38.6 Å². The highest BCUT2D eigenvalue weighted by molar-refractivity contribution is 6.00. The van der Waals surface area contributed by atoms with E-state index in [1.807, 2.05) is 25.3 Å². The number of H-pyrrole nitrogens is 1. The summed E-state index contributed by atoms with van der Waals surface area (Å²) in [6.07, 6.45) is -0.384. The van der Waals surface area contributed by atoms with Crippen LogP contribution in [-0.4, -0.2) is 71.5 Å². The third kappa shape index (κ3) is 5.75. The second-order valence-electron chi connectivity index (χ2n) is 9.29. The first-order valence-corrected chi connectivity index (χ1v) is 12.3. The van der Waals surface area contributed by atoms with Crippen LogP contribution in [0.2, 0.25) is 0 Å². The van der Waals surface area contributed by atoms with Crippen molar-refractivity contribution in [1.29, 1.82) is 0 Å². The number of hydrogen-bond donors (Lipinski definition) is 3. The first-order valence-electron chi connectivity index (χ1n) is 12.3. The molecule has 0 radical (unpaired) electrons. The van der Waals surface area contributed by atoms with Gasteiger partial charge in [-0.2, -0.15) is 0 Å². The minimum Gasteiger partial charge on any atom is -0.496 e. The van der Waals surface area contributed by atoms with E-state index < -0.39 is 12.4 Å². The number of halogens is 2. The first-order chi connectivity index (χ1) is 17.7. The maximum atomic E-state index is 13.3. The van der Waals surface area contributed by atoms with Gasteiger partial charge in [-0.05, 0) is 42.3 Å². The minimum atomic E-state index is -2.46. The van der Waals surface area contributed by atoms with Crippen LogP contribution in [0.4, 0.5) is 14.5 Å². The van der Waals surface area contributed by atoms with E-state index in [4.69, 9.17) is 4.74 Å². The molecule has 1 amide bonds. The fourth-order valence-electron chi connectivity index (χ4n) is 5.03.